The van der Waals surface area contributed by atoms with Crippen LogP contribution in [0.3, 0.4) is 0 Å². The maximum atomic E-state index is 13.8. The molecular formula is C32H38N2O4. The second-order valence-corrected chi connectivity index (χ2v) is 12.8. The van der Waals surface area contributed by atoms with E-state index >= 15 is 0 Å². The zero-order valence-corrected chi connectivity index (χ0v) is 23.3. The number of ketones is 2. The minimum absolute atomic E-state index is 0.00224. The number of nitriles is 1. The van der Waals surface area contributed by atoms with Crippen LogP contribution in [0, 0.1) is 57.2 Å². The van der Waals surface area contributed by atoms with Gasteiger partial charge in [-0.1, -0.05) is 26.8 Å². The molecule has 38 heavy (non-hydrogen) atoms. The number of benzene rings is 1. The van der Waals surface area contributed by atoms with Gasteiger partial charge in [0, 0.05) is 22.9 Å². The third-order valence-corrected chi connectivity index (χ3v) is 10.7. The molecule has 0 aliphatic heterocycles. The number of carbonyl (C=O) groups is 3. The van der Waals surface area contributed by atoms with Crippen LogP contribution in [-0.2, 0) is 14.4 Å². The van der Waals surface area contributed by atoms with Crippen LogP contribution in [0.25, 0.3) is 0 Å². The van der Waals surface area contributed by atoms with Gasteiger partial charge in [-0.05, 0) is 98.6 Å². The summed E-state index contributed by atoms with van der Waals surface area (Å²) in [5.74, 6) is 0.691. The lowest BCUT2D eigenvalue weighted by Gasteiger charge is -2.57. The smallest absolute Gasteiger partial charge is 0.227 e. The summed E-state index contributed by atoms with van der Waals surface area (Å²) < 4.78 is 5.22. The number of nitrogens with one attached hydrogen (secondary N) is 1. The van der Waals surface area contributed by atoms with E-state index in [4.69, 9.17) is 4.74 Å². The zero-order valence-electron chi connectivity index (χ0n) is 23.3. The topological polar surface area (TPSA) is 96.3 Å². The standard InChI is InChI=1S/C32H38N2O4/c1-18(29(37)34-20-7-9-21(38-6)10-8-20)22-11-12-23-27-24(13-14-31(22,23)4)32(5)16-19(17-33)28(36)30(2,3)26(32)15-25(27)35/h7-10,15-16,18,22-24,27H,11-14H2,1-6H3,(H,34,37)/t18-,22+,23-,24-,27-,31+,32+/m0/s1. The summed E-state index contributed by atoms with van der Waals surface area (Å²) in [4.78, 5) is 40.2. The van der Waals surface area contributed by atoms with Crippen molar-refractivity contribution in [1.29, 1.82) is 5.26 Å². The van der Waals surface area contributed by atoms with E-state index in [-0.39, 0.29) is 58.1 Å². The van der Waals surface area contributed by atoms with Crippen molar-refractivity contribution in [2.24, 2.45) is 45.8 Å². The molecule has 6 nitrogen and oxygen atoms in total. The van der Waals surface area contributed by atoms with Gasteiger partial charge >= 0.3 is 0 Å². The predicted molar refractivity (Wildman–Crippen MR) is 145 cm³/mol. The molecule has 5 rings (SSSR count). The molecule has 0 bridgehead atoms. The summed E-state index contributed by atoms with van der Waals surface area (Å²) in [5.41, 5.74) is 0.306. The number of ether oxygens (including phenoxy) is 1. The second-order valence-electron chi connectivity index (χ2n) is 12.8. The number of anilines is 1. The van der Waals surface area contributed by atoms with E-state index in [1.54, 1.807) is 13.2 Å². The second kappa shape index (κ2) is 8.93. The highest BCUT2D eigenvalue weighted by atomic mass is 16.5. The van der Waals surface area contributed by atoms with Crippen LogP contribution in [0.4, 0.5) is 5.69 Å². The van der Waals surface area contributed by atoms with Crippen molar-refractivity contribution in [2.45, 2.75) is 60.3 Å². The number of Topliss-reactive ketones (excluding diaryl/α,β-unsaturated/α-hetero) is 1. The molecule has 0 radical (unpaired) electrons. The molecule has 1 amide bonds. The average Bonchev–Trinajstić information content (AvgIpc) is 3.24. The van der Waals surface area contributed by atoms with Gasteiger partial charge in [-0.15, -0.1) is 0 Å². The summed E-state index contributed by atoms with van der Waals surface area (Å²) in [5, 5.41) is 12.8. The summed E-state index contributed by atoms with van der Waals surface area (Å²) in [6, 6.07) is 9.49. The number of methoxy groups -OCH3 is 1. The Labute approximate surface area is 225 Å². The van der Waals surface area contributed by atoms with Crippen molar-refractivity contribution in [1.82, 2.24) is 0 Å². The first kappa shape index (κ1) is 26.4. The Balaban J connectivity index is 1.43. The fourth-order valence-corrected chi connectivity index (χ4v) is 8.72. The summed E-state index contributed by atoms with van der Waals surface area (Å²) >= 11 is 0. The minimum Gasteiger partial charge on any atom is -0.497 e. The first-order chi connectivity index (χ1) is 17.9. The first-order valence-electron chi connectivity index (χ1n) is 13.8. The van der Waals surface area contributed by atoms with Gasteiger partial charge in [-0.2, -0.15) is 5.26 Å². The Morgan fingerprint density at radius 3 is 2.39 bits per heavy atom. The van der Waals surface area contributed by atoms with E-state index in [0.29, 0.717) is 0 Å². The normalized spacial score (nSPS) is 36.0. The van der Waals surface area contributed by atoms with Gasteiger partial charge in [-0.3, -0.25) is 14.4 Å². The lowest BCUT2D eigenvalue weighted by molar-refractivity contribution is -0.135. The van der Waals surface area contributed by atoms with Crippen molar-refractivity contribution < 1.29 is 19.1 Å². The lowest BCUT2D eigenvalue weighted by Crippen LogP contribution is -2.55. The molecule has 2 saturated carbocycles. The van der Waals surface area contributed by atoms with Crippen LogP contribution >= 0.6 is 0 Å². The maximum absolute atomic E-state index is 13.8. The van der Waals surface area contributed by atoms with Gasteiger partial charge in [0.2, 0.25) is 5.91 Å². The monoisotopic (exact) mass is 514 g/mol. The largest absolute Gasteiger partial charge is 0.497 e. The third-order valence-electron chi connectivity index (χ3n) is 10.7. The fourth-order valence-electron chi connectivity index (χ4n) is 8.72. The Morgan fingerprint density at radius 1 is 1.08 bits per heavy atom. The van der Waals surface area contributed by atoms with Crippen LogP contribution in [0.15, 0.2) is 47.6 Å². The number of amides is 1. The molecule has 0 spiro atoms. The van der Waals surface area contributed by atoms with Crippen molar-refractivity contribution in [3.63, 3.8) is 0 Å². The molecule has 0 unspecified atom stereocenters. The molecule has 1 aromatic carbocycles. The number of allylic oxidation sites excluding steroid dienone is 4. The molecule has 7 atom stereocenters. The molecule has 4 aliphatic carbocycles. The van der Waals surface area contributed by atoms with Gasteiger partial charge in [0.1, 0.15) is 11.8 Å². The number of nitrogens with zero attached hydrogens (tertiary/aromatic N) is 1. The fraction of sp³-hybridized carbons (Fsp3) is 0.562. The highest BCUT2D eigenvalue weighted by Gasteiger charge is 2.63. The number of rotatable bonds is 4. The summed E-state index contributed by atoms with van der Waals surface area (Å²) in [6.45, 7) is 10.1. The van der Waals surface area contributed by atoms with Gasteiger partial charge in [0.15, 0.2) is 11.6 Å². The molecule has 0 saturated heterocycles. The highest BCUT2D eigenvalue weighted by molar-refractivity contribution is 6.08. The van der Waals surface area contributed by atoms with Crippen molar-refractivity contribution in [2.75, 3.05) is 12.4 Å². The summed E-state index contributed by atoms with van der Waals surface area (Å²) in [6.07, 6.45) is 7.17. The van der Waals surface area contributed by atoms with E-state index in [1.165, 1.54) is 0 Å². The predicted octanol–water partition coefficient (Wildman–Crippen LogP) is 5.90. The van der Waals surface area contributed by atoms with Crippen molar-refractivity contribution in [3.8, 4) is 11.8 Å². The average molecular weight is 515 g/mol. The highest BCUT2D eigenvalue weighted by Crippen LogP contribution is 2.67. The Kier molecular flexibility index (Phi) is 6.21. The molecule has 200 valence electrons. The van der Waals surface area contributed by atoms with Crippen LogP contribution in [-0.4, -0.2) is 24.6 Å². The van der Waals surface area contributed by atoms with Crippen LogP contribution < -0.4 is 10.1 Å². The van der Waals surface area contributed by atoms with Gasteiger partial charge < -0.3 is 10.1 Å². The van der Waals surface area contributed by atoms with Gasteiger partial charge in [0.05, 0.1) is 18.1 Å². The zero-order chi connectivity index (χ0) is 27.6. The Hall–Kier alpha value is -3.20. The van der Waals surface area contributed by atoms with Crippen molar-refractivity contribution >= 4 is 23.2 Å². The molecule has 4 aliphatic rings. The first-order valence-corrected chi connectivity index (χ1v) is 13.8. The quantitative estimate of drug-likeness (QED) is 0.539. The molecule has 6 heteroatoms. The molecule has 0 aromatic heterocycles. The van der Waals surface area contributed by atoms with Gasteiger partial charge in [-0.25, -0.2) is 0 Å². The van der Waals surface area contributed by atoms with Crippen LogP contribution in [0.2, 0.25) is 0 Å². The Morgan fingerprint density at radius 2 is 1.76 bits per heavy atom. The van der Waals surface area contributed by atoms with E-state index < -0.39 is 10.8 Å². The third kappa shape index (κ3) is 3.69. The van der Waals surface area contributed by atoms with Crippen LogP contribution in [0.1, 0.15) is 60.3 Å². The van der Waals surface area contributed by atoms with Crippen molar-refractivity contribution in [3.05, 3.63) is 47.6 Å². The van der Waals surface area contributed by atoms with E-state index in [2.05, 4.69) is 25.2 Å². The minimum atomic E-state index is -0.873. The maximum Gasteiger partial charge on any atom is 0.227 e. The number of carbonyl (C=O) groups excluding carboxylic acids is 3. The van der Waals surface area contributed by atoms with E-state index in [9.17, 15) is 19.6 Å². The number of hydrogen-bond donors (Lipinski definition) is 1. The SMILES string of the molecule is COc1ccc(NC(=O)[C@@H](C)[C@H]2CC[C@H]3[C@@H]4C(=O)C=C5C(C)(C)C(=O)C(C#N)=C[C@]5(C)[C@H]4CC[C@]23C)cc1. The molecule has 2 fully saturated rings. The van der Waals surface area contributed by atoms with Gasteiger partial charge in [0.25, 0.3) is 0 Å². The molecule has 1 N–H and O–H groups in total. The summed E-state index contributed by atoms with van der Waals surface area (Å²) in [7, 11) is 1.61. The number of hydrogen-bond acceptors (Lipinski definition) is 5. The Bertz CT molecular complexity index is 1300. The molecule has 0 heterocycles. The molecule has 1 aromatic rings. The van der Waals surface area contributed by atoms with E-state index in [1.807, 2.05) is 51.1 Å². The van der Waals surface area contributed by atoms with Crippen LogP contribution in [0.5, 0.6) is 5.75 Å². The van der Waals surface area contributed by atoms with E-state index in [0.717, 1.165) is 42.7 Å². The lowest BCUT2D eigenvalue weighted by atomic mass is 9.45. The number of fused-ring (bicyclic) bond motifs is 5. The molecular weight excluding hydrogens is 476 g/mol.